The van der Waals surface area contributed by atoms with Crippen molar-refractivity contribution >= 4 is 50.2 Å². The fourth-order valence-electron chi connectivity index (χ4n) is 6.99. The maximum Gasteiger partial charge on any atom is 0.410 e. The van der Waals surface area contributed by atoms with Crippen LogP contribution in [0.15, 0.2) is 48.8 Å². The van der Waals surface area contributed by atoms with Crippen LogP contribution >= 0.6 is 22.7 Å². The van der Waals surface area contributed by atoms with Gasteiger partial charge in [-0.15, -0.1) is 22.7 Å². The van der Waals surface area contributed by atoms with E-state index < -0.39 is 12.1 Å². The van der Waals surface area contributed by atoms with E-state index in [4.69, 9.17) is 9.47 Å². The van der Waals surface area contributed by atoms with Gasteiger partial charge in [0.15, 0.2) is 0 Å². The van der Waals surface area contributed by atoms with Crippen molar-refractivity contribution in [3.63, 3.8) is 0 Å². The van der Waals surface area contributed by atoms with Crippen molar-refractivity contribution in [1.29, 1.82) is 0 Å². The van der Waals surface area contributed by atoms with E-state index in [1.54, 1.807) is 27.6 Å². The molecule has 0 radical (unpaired) electrons. The molecule has 12 nitrogen and oxygen atoms in total. The average Bonchev–Trinajstić information content (AvgIpc) is 3.97. The molecule has 0 bridgehead atoms. The first-order chi connectivity index (χ1) is 25.1. The zero-order valence-electron chi connectivity index (χ0n) is 30.1. The molecule has 4 aromatic heterocycles. The Morgan fingerprint density at radius 1 is 0.846 bits per heavy atom. The first kappa shape index (κ1) is 35.7. The van der Waals surface area contributed by atoms with Gasteiger partial charge in [-0.1, -0.05) is 52.0 Å². The van der Waals surface area contributed by atoms with E-state index >= 15 is 0 Å². The highest BCUT2D eigenvalue weighted by Gasteiger charge is 2.38. The summed E-state index contributed by atoms with van der Waals surface area (Å²) in [6.07, 6.45) is 6.27. The number of carbonyl (C=O) groups excluding carboxylic acids is 3. The number of H-pyrrole nitrogens is 2. The molecule has 3 N–H and O–H groups in total. The summed E-state index contributed by atoms with van der Waals surface area (Å²) in [5, 5.41) is 2.70. The van der Waals surface area contributed by atoms with E-state index in [9.17, 15) is 14.4 Å². The Morgan fingerprint density at radius 2 is 1.42 bits per heavy atom. The standard InChI is InChI=1S/C38H45N7O5S2/c1-21(2)20-50-38(48)45-15-7-9-28(45)35-40-19-26(42-35)30-17-32-31(52-30)16-29(51-32)24-12-10-23(11-13-24)25-18-39-34(41-25)27-8-6-14-44(27)36(46)33(22(3)4)43-37(47)49-5/h10-13,16-19,21-22,27-28,33H,6-9,14-15,20H2,1-5H3,(H,39,41)(H,40,42)(H,43,47)/t27-,28?,33-/m0/s1. The van der Waals surface area contributed by atoms with E-state index in [1.165, 1.54) is 21.4 Å². The number of aromatic amines is 2. The lowest BCUT2D eigenvalue weighted by Gasteiger charge is -2.30. The van der Waals surface area contributed by atoms with Crippen molar-refractivity contribution in [2.45, 2.75) is 71.5 Å². The van der Waals surface area contributed by atoms with Gasteiger partial charge < -0.3 is 29.7 Å². The number of rotatable bonds is 10. The van der Waals surface area contributed by atoms with Crippen LogP contribution in [0.1, 0.15) is 77.1 Å². The number of thiophene rings is 2. The molecule has 2 fully saturated rings. The smallest absolute Gasteiger partial charge is 0.410 e. The molecule has 2 aliphatic heterocycles. The van der Waals surface area contributed by atoms with Crippen molar-refractivity contribution < 1.29 is 23.9 Å². The minimum atomic E-state index is -0.673. The Kier molecular flexibility index (Phi) is 10.4. The van der Waals surface area contributed by atoms with Gasteiger partial charge in [-0.25, -0.2) is 19.6 Å². The maximum absolute atomic E-state index is 13.5. The minimum Gasteiger partial charge on any atom is -0.453 e. The second-order valence-electron chi connectivity index (χ2n) is 14.3. The lowest BCUT2D eigenvalue weighted by atomic mass is 10.0. The van der Waals surface area contributed by atoms with Crippen LogP contribution in [0.4, 0.5) is 9.59 Å². The summed E-state index contributed by atoms with van der Waals surface area (Å²) in [7, 11) is 1.30. The number of carbonyl (C=O) groups is 3. The van der Waals surface area contributed by atoms with Crippen molar-refractivity contribution in [2.24, 2.45) is 11.8 Å². The number of hydrogen-bond acceptors (Lipinski definition) is 9. The molecular weight excluding hydrogens is 699 g/mol. The van der Waals surface area contributed by atoms with Crippen LogP contribution < -0.4 is 5.32 Å². The molecular formula is C38H45N7O5S2. The SMILES string of the molecule is COC(=O)N[C@H](C(=O)N1CCC[C@H]1c1ncc(-c2ccc(-c3cc4sc(-c5cnc(C6CCCN6C(=O)OCC(C)C)[nH]5)cc4s3)cc2)[nH]1)C(C)C. The van der Waals surface area contributed by atoms with E-state index in [0.717, 1.165) is 64.7 Å². The summed E-state index contributed by atoms with van der Waals surface area (Å²) in [5.41, 5.74) is 3.99. The summed E-state index contributed by atoms with van der Waals surface area (Å²) in [4.78, 5) is 60.4. The Bertz CT molecular complexity index is 2010. The second-order valence-corrected chi connectivity index (χ2v) is 16.4. The van der Waals surface area contributed by atoms with Gasteiger partial charge in [0.1, 0.15) is 17.7 Å². The molecule has 0 aliphatic carbocycles. The Labute approximate surface area is 310 Å². The Balaban J connectivity index is 1.01. The number of nitrogens with one attached hydrogen (secondary N) is 3. The molecule has 5 aromatic rings. The lowest BCUT2D eigenvalue weighted by Crippen LogP contribution is -2.51. The van der Waals surface area contributed by atoms with Gasteiger partial charge in [-0.2, -0.15) is 0 Å². The molecule has 0 saturated carbocycles. The number of hydrogen-bond donors (Lipinski definition) is 3. The maximum atomic E-state index is 13.5. The number of methoxy groups -OCH3 is 1. The number of ether oxygens (including phenoxy) is 2. The molecule has 1 unspecified atom stereocenters. The van der Waals surface area contributed by atoms with Crippen LogP contribution in [0.3, 0.4) is 0 Å². The number of benzene rings is 1. The van der Waals surface area contributed by atoms with E-state index in [-0.39, 0.29) is 30.0 Å². The predicted octanol–water partition coefficient (Wildman–Crippen LogP) is 8.38. The van der Waals surface area contributed by atoms with Crippen molar-refractivity contribution in [1.82, 2.24) is 35.1 Å². The molecule has 2 saturated heterocycles. The predicted molar refractivity (Wildman–Crippen MR) is 203 cm³/mol. The van der Waals surface area contributed by atoms with Crippen LogP contribution in [0.2, 0.25) is 0 Å². The highest BCUT2D eigenvalue weighted by atomic mass is 32.1. The number of imidazole rings is 2. The summed E-state index contributed by atoms with van der Waals surface area (Å²) >= 11 is 3.49. The zero-order chi connectivity index (χ0) is 36.5. The van der Waals surface area contributed by atoms with Crippen LogP contribution in [0.5, 0.6) is 0 Å². The van der Waals surface area contributed by atoms with Gasteiger partial charge in [0.2, 0.25) is 5.91 Å². The Hall–Kier alpha value is -4.69. The van der Waals surface area contributed by atoms with Crippen molar-refractivity contribution in [2.75, 3.05) is 26.8 Å². The van der Waals surface area contributed by atoms with Crippen LogP contribution in [-0.2, 0) is 14.3 Å². The van der Waals surface area contributed by atoms with E-state index in [2.05, 4.69) is 61.7 Å². The summed E-state index contributed by atoms with van der Waals surface area (Å²) < 4.78 is 12.7. The summed E-state index contributed by atoms with van der Waals surface area (Å²) in [6, 6.07) is 11.9. The first-order valence-corrected chi connectivity index (χ1v) is 19.6. The molecule has 6 heterocycles. The number of amides is 3. The third-order valence-corrected chi connectivity index (χ3v) is 12.1. The molecule has 52 heavy (non-hydrogen) atoms. The highest BCUT2D eigenvalue weighted by molar-refractivity contribution is 7.31. The normalized spacial score (nSPS) is 18.1. The van der Waals surface area contributed by atoms with Crippen LogP contribution in [0.25, 0.3) is 41.7 Å². The second kappa shape index (κ2) is 15.1. The number of nitrogens with zero attached hydrogens (tertiary/aromatic N) is 4. The molecule has 7 rings (SSSR count). The third-order valence-electron chi connectivity index (χ3n) is 9.73. The van der Waals surface area contributed by atoms with Gasteiger partial charge in [0.25, 0.3) is 0 Å². The van der Waals surface area contributed by atoms with Gasteiger partial charge in [-0.3, -0.25) is 9.69 Å². The fourth-order valence-corrected chi connectivity index (χ4v) is 9.36. The van der Waals surface area contributed by atoms with Gasteiger partial charge >= 0.3 is 12.2 Å². The third kappa shape index (κ3) is 7.31. The van der Waals surface area contributed by atoms with Gasteiger partial charge in [0, 0.05) is 27.4 Å². The fraction of sp³-hybridized carbons (Fsp3) is 0.447. The van der Waals surface area contributed by atoms with Gasteiger partial charge in [-0.05, 0) is 60.8 Å². The van der Waals surface area contributed by atoms with Crippen LogP contribution in [0, 0.1) is 11.8 Å². The molecule has 2 aliphatic rings. The molecule has 1 aromatic carbocycles. The molecule has 3 atom stereocenters. The average molecular weight is 744 g/mol. The first-order valence-electron chi connectivity index (χ1n) is 17.9. The van der Waals surface area contributed by atoms with Crippen LogP contribution in [-0.4, -0.2) is 80.7 Å². The van der Waals surface area contributed by atoms with E-state index in [0.29, 0.717) is 25.6 Å². The molecule has 274 valence electrons. The van der Waals surface area contributed by atoms with Gasteiger partial charge in [0.05, 0.1) is 54.5 Å². The minimum absolute atomic E-state index is 0.0910. The number of fused-ring (bicyclic) bond motifs is 1. The topological polar surface area (TPSA) is 146 Å². The monoisotopic (exact) mass is 743 g/mol. The van der Waals surface area contributed by atoms with Crippen molar-refractivity contribution in [3.8, 4) is 32.3 Å². The number of alkyl carbamates (subject to hydrolysis) is 1. The Morgan fingerprint density at radius 3 is 2.08 bits per heavy atom. The quantitative estimate of drug-likeness (QED) is 0.130. The van der Waals surface area contributed by atoms with Crippen molar-refractivity contribution in [3.05, 3.63) is 60.4 Å². The lowest BCUT2D eigenvalue weighted by molar-refractivity contribution is -0.135. The largest absolute Gasteiger partial charge is 0.453 e. The molecule has 0 spiro atoms. The zero-order valence-corrected chi connectivity index (χ0v) is 31.7. The molecule has 14 heteroatoms. The number of likely N-dealkylation sites (tertiary alicyclic amines) is 2. The summed E-state index contributed by atoms with van der Waals surface area (Å²) in [6.45, 7) is 9.59. The number of aromatic nitrogens is 4. The highest BCUT2D eigenvalue weighted by Crippen LogP contribution is 2.42. The molecule has 3 amide bonds. The summed E-state index contributed by atoms with van der Waals surface area (Å²) in [5.74, 6) is 1.62. The van der Waals surface area contributed by atoms with E-state index in [1.807, 2.05) is 45.0 Å².